The number of pyridine rings is 1. The Hall–Kier alpha value is -1.58. The van der Waals surface area contributed by atoms with Crippen molar-refractivity contribution in [1.82, 2.24) is 4.98 Å². The molecule has 0 bridgehead atoms. The minimum atomic E-state index is -0.0394. The van der Waals surface area contributed by atoms with Crippen molar-refractivity contribution in [3.63, 3.8) is 0 Å². The van der Waals surface area contributed by atoms with Gasteiger partial charge in [0.25, 0.3) is 0 Å². The van der Waals surface area contributed by atoms with Gasteiger partial charge in [-0.1, -0.05) is 23.7 Å². The molecule has 0 aliphatic rings. The highest BCUT2D eigenvalue weighted by Crippen LogP contribution is 2.28. The van der Waals surface area contributed by atoms with Crippen LogP contribution in [-0.4, -0.2) is 10.1 Å². The second-order valence-corrected chi connectivity index (χ2v) is 4.05. The van der Waals surface area contributed by atoms with Crippen LogP contribution in [0, 0.1) is 6.92 Å². The lowest BCUT2D eigenvalue weighted by molar-refractivity contribution is 0.281. The van der Waals surface area contributed by atoms with Crippen LogP contribution in [0.1, 0.15) is 11.3 Å². The maximum absolute atomic E-state index is 9.10. The summed E-state index contributed by atoms with van der Waals surface area (Å²) >= 11 is 5.99. The number of para-hydroxylation sites is 1. The van der Waals surface area contributed by atoms with Crippen molar-refractivity contribution >= 4 is 11.6 Å². The number of hydrogen-bond donors (Lipinski definition) is 1. The molecule has 2 rings (SSSR count). The van der Waals surface area contributed by atoms with E-state index in [1.165, 1.54) is 0 Å². The Kier molecular flexibility index (Phi) is 3.61. The van der Waals surface area contributed by atoms with Gasteiger partial charge in [0.2, 0.25) is 5.88 Å². The van der Waals surface area contributed by atoms with E-state index in [-0.39, 0.29) is 6.61 Å². The van der Waals surface area contributed by atoms with Gasteiger partial charge in [-0.25, -0.2) is 4.98 Å². The molecule has 1 aromatic carbocycles. The molecule has 3 nitrogen and oxygen atoms in total. The van der Waals surface area contributed by atoms with E-state index < -0.39 is 0 Å². The summed E-state index contributed by atoms with van der Waals surface area (Å²) in [5, 5.41) is 9.63. The Balaban J connectivity index is 2.30. The van der Waals surface area contributed by atoms with Gasteiger partial charge >= 0.3 is 0 Å². The van der Waals surface area contributed by atoms with Gasteiger partial charge in [-0.15, -0.1) is 0 Å². The molecule has 1 heterocycles. The number of rotatable bonds is 3. The highest BCUT2D eigenvalue weighted by Gasteiger charge is 2.05. The molecule has 0 aliphatic carbocycles. The van der Waals surface area contributed by atoms with Crippen molar-refractivity contribution in [2.75, 3.05) is 0 Å². The standard InChI is InChI=1S/C13H12ClNO2/c1-9-6-10(8-16)7-13(15-9)17-12-5-3-2-4-11(12)14/h2-7,16H,8H2,1H3. The van der Waals surface area contributed by atoms with E-state index in [0.717, 1.165) is 11.3 Å². The number of ether oxygens (including phenoxy) is 1. The maximum Gasteiger partial charge on any atom is 0.219 e. The third-order valence-corrected chi connectivity index (χ3v) is 2.54. The molecule has 1 aromatic heterocycles. The van der Waals surface area contributed by atoms with Crippen LogP contribution in [0.2, 0.25) is 5.02 Å². The van der Waals surface area contributed by atoms with Crippen molar-refractivity contribution in [1.29, 1.82) is 0 Å². The molecule has 0 saturated heterocycles. The average molecular weight is 250 g/mol. The molecule has 2 aromatic rings. The molecule has 0 saturated carbocycles. The normalized spacial score (nSPS) is 10.3. The Morgan fingerprint density at radius 3 is 2.76 bits per heavy atom. The number of hydrogen-bond acceptors (Lipinski definition) is 3. The van der Waals surface area contributed by atoms with Gasteiger partial charge in [0.1, 0.15) is 5.75 Å². The molecule has 0 aliphatic heterocycles. The molecule has 0 unspecified atom stereocenters. The number of aromatic nitrogens is 1. The number of benzene rings is 1. The predicted molar refractivity (Wildman–Crippen MR) is 66.4 cm³/mol. The van der Waals surface area contributed by atoms with Gasteiger partial charge in [-0.3, -0.25) is 0 Å². The van der Waals surface area contributed by atoms with E-state index in [2.05, 4.69) is 4.98 Å². The summed E-state index contributed by atoms with van der Waals surface area (Å²) in [6.45, 7) is 1.81. The lowest BCUT2D eigenvalue weighted by atomic mass is 10.2. The monoisotopic (exact) mass is 249 g/mol. The SMILES string of the molecule is Cc1cc(CO)cc(Oc2ccccc2Cl)n1. The smallest absolute Gasteiger partial charge is 0.219 e. The number of halogens is 1. The topological polar surface area (TPSA) is 42.4 Å². The third kappa shape index (κ3) is 2.96. The van der Waals surface area contributed by atoms with E-state index in [1.54, 1.807) is 24.3 Å². The van der Waals surface area contributed by atoms with Gasteiger partial charge < -0.3 is 9.84 Å². The summed E-state index contributed by atoms with van der Waals surface area (Å²) in [6, 6.07) is 10.7. The van der Waals surface area contributed by atoms with Crippen LogP contribution in [0.25, 0.3) is 0 Å². The molecular weight excluding hydrogens is 238 g/mol. The van der Waals surface area contributed by atoms with Crippen LogP contribution < -0.4 is 4.74 Å². The molecule has 0 amide bonds. The fourth-order valence-electron chi connectivity index (χ4n) is 1.49. The lowest BCUT2D eigenvalue weighted by Gasteiger charge is -2.08. The number of aliphatic hydroxyl groups is 1. The first-order valence-electron chi connectivity index (χ1n) is 5.20. The Morgan fingerprint density at radius 1 is 1.29 bits per heavy atom. The quantitative estimate of drug-likeness (QED) is 0.907. The minimum absolute atomic E-state index is 0.0394. The highest BCUT2D eigenvalue weighted by molar-refractivity contribution is 6.32. The Bertz CT molecular complexity index is 529. The molecule has 0 spiro atoms. The molecule has 4 heteroatoms. The van der Waals surface area contributed by atoms with E-state index in [0.29, 0.717) is 16.7 Å². The first-order valence-corrected chi connectivity index (χ1v) is 5.57. The molecule has 17 heavy (non-hydrogen) atoms. The van der Waals surface area contributed by atoms with Crippen molar-refractivity contribution < 1.29 is 9.84 Å². The van der Waals surface area contributed by atoms with Crippen LogP contribution in [0.15, 0.2) is 36.4 Å². The van der Waals surface area contributed by atoms with Crippen molar-refractivity contribution in [2.24, 2.45) is 0 Å². The molecule has 0 radical (unpaired) electrons. The molecule has 0 fully saturated rings. The Morgan fingerprint density at radius 2 is 2.06 bits per heavy atom. The van der Waals surface area contributed by atoms with Gasteiger partial charge in [0.05, 0.1) is 11.6 Å². The zero-order valence-corrected chi connectivity index (χ0v) is 10.1. The van der Waals surface area contributed by atoms with Gasteiger partial charge in [-0.2, -0.15) is 0 Å². The third-order valence-electron chi connectivity index (χ3n) is 2.22. The van der Waals surface area contributed by atoms with E-state index in [1.807, 2.05) is 19.1 Å². The van der Waals surface area contributed by atoms with Crippen molar-refractivity contribution in [3.8, 4) is 11.6 Å². The number of aliphatic hydroxyl groups excluding tert-OH is 1. The summed E-state index contributed by atoms with van der Waals surface area (Å²) in [6.07, 6.45) is 0. The van der Waals surface area contributed by atoms with Crippen LogP contribution in [0.3, 0.4) is 0 Å². The molecule has 0 atom stereocenters. The first-order chi connectivity index (χ1) is 8.19. The summed E-state index contributed by atoms with van der Waals surface area (Å²) in [7, 11) is 0. The van der Waals surface area contributed by atoms with E-state index >= 15 is 0 Å². The van der Waals surface area contributed by atoms with Gasteiger partial charge in [0, 0.05) is 11.8 Å². The second kappa shape index (κ2) is 5.17. The molecule has 1 N–H and O–H groups in total. The summed E-state index contributed by atoms with van der Waals surface area (Å²) < 4.78 is 5.58. The van der Waals surface area contributed by atoms with Crippen LogP contribution in [0.4, 0.5) is 0 Å². The summed E-state index contributed by atoms with van der Waals surface area (Å²) in [5.74, 6) is 0.985. The molecular formula is C13H12ClNO2. The molecule has 88 valence electrons. The maximum atomic E-state index is 9.10. The van der Waals surface area contributed by atoms with Crippen LogP contribution in [0.5, 0.6) is 11.6 Å². The van der Waals surface area contributed by atoms with Crippen LogP contribution >= 0.6 is 11.6 Å². The van der Waals surface area contributed by atoms with Crippen LogP contribution in [-0.2, 0) is 6.61 Å². The summed E-state index contributed by atoms with van der Waals surface area (Å²) in [4.78, 5) is 4.23. The van der Waals surface area contributed by atoms with Gasteiger partial charge in [-0.05, 0) is 30.7 Å². The zero-order chi connectivity index (χ0) is 12.3. The number of aryl methyl sites for hydroxylation is 1. The lowest BCUT2D eigenvalue weighted by Crippen LogP contribution is -1.94. The van der Waals surface area contributed by atoms with E-state index in [9.17, 15) is 0 Å². The second-order valence-electron chi connectivity index (χ2n) is 3.65. The average Bonchev–Trinajstić information content (AvgIpc) is 2.31. The first kappa shape index (κ1) is 11.9. The minimum Gasteiger partial charge on any atom is -0.437 e. The predicted octanol–water partition coefficient (Wildman–Crippen LogP) is 3.33. The Labute approximate surface area is 105 Å². The fraction of sp³-hybridized carbons (Fsp3) is 0.154. The summed E-state index contributed by atoms with van der Waals surface area (Å²) in [5.41, 5.74) is 1.55. The zero-order valence-electron chi connectivity index (χ0n) is 9.35. The largest absolute Gasteiger partial charge is 0.437 e. The van der Waals surface area contributed by atoms with Gasteiger partial charge in [0.15, 0.2) is 0 Å². The fourth-order valence-corrected chi connectivity index (χ4v) is 1.66. The van der Waals surface area contributed by atoms with Crippen molar-refractivity contribution in [2.45, 2.75) is 13.5 Å². The highest BCUT2D eigenvalue weighted by atomic mass is 35.5. The number of nitrogens with zero attached hydrogens (tertiary/aromatic N) is 1. The van der Waals surface area contributed by atoms with Crippen molar-refractivity contribution in [3.05, 3.63) is 52.7 Å². The van der Waals surface area contributed by atoms with E-state index in [4.69, 9.17) is 21.4 Å².